The highest BCUT2D eigenvalue weighted by Crippen LogP contribution is 2.22. The molecule has 9 nitrogen and oxygen atoms in total. The van der Waals surface area contributed by atoms with E-state index in [-0.39, 0.29) is 6.10 Å². The Morgan fingerprint density at radius 3 is 2.97 bits per heavy atom. The quantitative estimate of drug-likeness (QED) is 0.533. The van der Waals surface area contributed by atoms with Crippen LogP contribution in [0.1, 0.15) is 23.1 Å². The van der Waals surface area contributed by atoms with Crippen molar-refractivity contribution in [3.63, 3.8) is 0 Å². The van der Waals surface area contributed by atoms with E-state index in [1.165, 1.54) is 0 Å². The summed E-state index contributed by atoms with van der Waals surface area (Å²) in [6, 6.07) is 4.02. The van der Waals surface area contributed by atoms with Gasteiger partial charge in [0.2, 0.25) is 0 Å². The molecule has 4 rings (SSSR count). The van der Waals surface area contributed by atoms with Crippen molar-refractivity contribution in [1.29, 1.82) is 0 Å². The van der Waals surface area contributed by atoms with Crippen molar-refractivity contribution >= 4 is 5.96 Å². The standard InChI is InChI=1S/C20H26N8O/c1-15-22-7-8-28(15)19-16(5-4-6-23-19)11-24-20(21-2)27-9-10-29-18(14-27)17-12-25-26(3)13-17/h4-8,12-13,18H,9-11,14H2,1-3H3,(H,21,24). The van der Waals surface area contributed by atoms with Gasteiger partial charge in [-0.1, -0.05) is 6.07 Å². The van der Waals surface area contributed by atoms with Gasteiger partial charge in [0.05, 0.1) is 19.3 Å². The third-order valence-electron chi connectivity index (χ3n) is 5.03. The maximum absolute atomic E-state index is 5.95. The SMILES string of the molecule is CN=C(NCc1cccnc1-n1ccnc1C)N1CCOC(c2cnn(C)c2)C1. The van der Waals surface area contributed by atoms with Gasteiger partial charge in [0, 0.05) is 63.1 Å². The number of hydrogen-bond acceptors (Lipinski definition) is 5. The number of nitrogens with zero attached hydrogens (tertiary/aromatic N) is 7. The molecule has 3 aromatic rings. The molecule has 0 spiro atoms. The Kier molecular flexibility index (Phi) is 5.57. The van der Waals surface area contributed by atoms with E-state index >= 15 is 0 Å². The number of nitrogens with one attached hydrogen (secondary N) is 1. The number of imidazole rings is 1. The molecule has 0 bridgehead atoms. The number of aromatic nitrogens is 5. The molecule has 1 N–H and O–H groups in total. The zero-order valence-corrected chi connectivity index (χ0v) is 17.0. The normalized spacial score (nSPS) is 17.6. The second kappa shape index (κ2) is 8.44. The third-order valence-corrected chi connectivity index (χ3v) is 5.03. The summed E-state index contributed by atoms with van der Waals surface area (Å²) < 4.78 is 9.74. The van der Waals surface area contributed by atoms with Gasteiger partial charge in [-0.05, 0) is 13.0 Å². The zero-order valence-electron chi connectivity index (χ0n) is 17.0. The summed E-state index contributed by atoms with van der Waals surface area (Å²) in [5.74, 6) is 2.63. The average Bonchev–Trinajstić information content (AvgIpc) is 3.37. The molecule has 1 aliphatic heterocycles. The van der Waals surface area contributed by atoms with Crippen molar-refractivity contribution in [1.82, 2.24) is 34.5 Å². The number of aryl methyl sites for hydroxylation is 2. The summed E-state index contributed by atoms with van der Waals surface area (Å²) in [4.78, 5) is 15.6. The second-order valence-corrected chi connectivity index (χ2v) is 6.98. The molecule has 152 valence electrons. The van der Waals surface area contributed by atoms with Gasteiger partial charge in [-0.3, -0.25) is 14.2 Å². The lowest BCUT2D eigenvalue weighted by atomic mass is 10.1. The Morgan fingerprint density at radius 1 is 1.34 bits per heavy atom. The Labute approximate surface area is 170 Å². The molecule has 1 saturated heterocycles. The Morgan fingerprint density at radius 2 is 2.24 bits per heavy atom. The zero-order chi connectivity index (χ0) is 20.2. The Hall–Kier alpha value is -3.20. The molecule has 3 aromatic heterocycles. The number of hydrogen-bond donors (Lipinski definition) is 1. The number of rotatable bonds is 4. The van der Waals surface area contributed by atoms with Gasteiger partial charge >= 0.3 is 0 Å². The molecule has 0 aromatic carbocycles. The first-order valence-corrected chi connectivity index (χ1v) is 9.65. The van der Waals surface area contributed by atoms with Crippen molar-refractivity contribution < 1.29 is 4.74 Å². The number of pyridine rings is 1. The van der Waals surface area contributed by atoms with Crippen LogP contribution in [0.4, 0.5) is 0 Å². The number of ether oxygens (including phenoxy) is 1. The molecule has 0 saturated carbocycles. The number of guanidine groups is 1. The molecular weight excluding hydrogens is 368 g/mol. The van der Waals surface area contributed by atoms with Crippen molar-refractivity contribution in [3.05, 3.63) is 60.1 Å². The minimum atomic E-state index is -0.0152. The average molecular weight is 394 g/mol. The molecule has 1 unspecified atom stereocenters. The van der Waals surface area contributed by atoms with Crippen molar-refractivity contribution in [2.24, 2.45) is 12.0 Å². The minimum absolute atomic E-state index is 0.0152. The van der Waals surface area contributed by atoms with Gasteiger partial charge in [0.25, 0.3) is 0 Å². The van der Waals surface area contributed by atoms with E-state index in [4.69, 9.17) is 4.74 Å². The smallest absolute Gasteiger partial charge is 0.194 e. The Bertz CT molecular complexity index is 992. The van der Waals surface area contributed by atoms with E-state index in [0.717, 1.165) is 41.8 Å². The van der Waals surface area contributed by atoms with Crippen LogP contribution in [-0.4, -0.2) is 61.9 Å². The van der Waals surface area contributed by atoms with Crippen LogP contribution in [-0.2, 0) is 18.3 Å². The molecule has 4 heterocycles. The first-order valence-electron chi connectivity index (χ1n) is 9.65. The largest absolute Gasteiger partial charge is 0.370 e. The molecule has 29 heavy (non-hydrogen) atoms. The molecular formula is C20H26N8O. The highest BCUT2D eigenvalue weighted by atomic mass is 16.5. The highest BCUT2D eigenvalue weighted by Gasteiger charge is 2.25. The maximum Gasteiger partial charge on any atom is 0.194 e. The Balaban J connectivity index is 1.46. The second-order valence-electron chi connectivity index (χ2n) is 6.98. The van der Waals surface area contributed by atoms with Crippen LogP contribution < -0.4 is 5.32 Å². The van der Waals surface area contributed by atoms with E-state index in [1.54, 1.807) is 24.1 Å². The van der Waals surface area contributed by atoms with Gasteiger partial charge in [0.15, 0.2) is 5.96 Å². The molecule has 9 heteroatoms. The molecule has 0 aliphatic carbocycles. The van der Waals surface area contributed by atoms with Crippen LogP contribution in [0.15, 0.2) is 48.1 Å². The van der Waals surface area contributed by atoms with Gasteiger partial charge in [-0.2, -0.15) is 5.10 Å². The summed E-state index contributed by atoms with van der Waals surface area (Å²) in [6.45, 7) is 4.75. The monoisotopic (exact) mass is 394 g/mol. The van der Waals surface area contributed by atoms with Crippen LogP contribution in [0.25, 0.3) is 5.82 Å². The lowest BCUT2D eigenvalue weighted by Gasteiger charge is -2.34. The van der Waals surface area contributed by atoms with E-state index in [2.05, 4.69) is 36.3 Å². The summed E-state index contributed by atoms with van der Waals surface area (Å²) in [5, 5.41) is 7.74. The lowest BCUT2D eigenvalue weighted by molar-refractivity contribution is -0.00805. The van der Waals surface area contributed by atoms with Crippen LogP contribution in [0, 0.1) is 6.92 Å². The predicted octanol–water partition coefficient (Wildman–Crippen LogP) is 1.46. The molecule has 0 radical (unpaired) electrons. The van der Waals surface area contributed by atoms with Crippen molar-refractivity contribution in [2.75, 3.05) is 26.7 Å². The molecule has 1 atom stereocenters. The van der Waals surface area contributed by atoms with E-state index in [0.29, 0.717) is 13.2 Å². The van der Waals surface area contributed by atoms with E-state index < -0.39 is 0 Å². The van der Waals surface area contributed by atoms with Gasteiger partial charge in [-0.25, -0.2) is 9.97 Å². The first-order chi connectivity index (χ1) is 14.2. The summed E-state index contributed by atoms with van der Waals surface area (Å²) in [6.07, 6.45) is 9.36. The number of aliphatic imine (C=N–C) groups is 1. The first kappa shape index (κ1) is 19.1. The lowest BCUT2D eigenvalue weighted by Crippen LogP contribution is -2.48. The number of morpholine rings is 1. The fourth-order valence-corrected chi connectivity index (χ4v) is 3.54. The van der Waals surface area contributed by atoms with Crippen LogP contribution >= 0.6 is 0 Å². The topological polar surface area (TPSA) is 85.4 Å². The van der Waals surface area contributed by atoms with E-state index in [9.17, 15) is 0 Å². The van der Waals surface area contributed by atoms with Gasteiger partial charge < -0.3 is 15.0 Å². The van der Waals surface area contributed by atoms with Gasteiger partial charge in [-0.15, -0.1) is 0 Å². The predicted molar refractivity (Wildman–Crippen MR) is 110 cm³/mol. The molecule has 0 amide bonds. The van der Waals surface area contributed by atoms with Crippen LogP contribution in [0.3, 0.4) is 0 Å². The molecule has 1 fully saturated rings. The highest BCUT2D eigenvalue weighted by molar-refractivity contribution is 5.80. The summed E-state index contributed by atoms with van der Waals surface area (Å²) >= 11 is 0. The fraction of sp³-hybridized carbons (Fsp3) is 0.400. The minimum Gasteiger partial charge on any atom is -0.370 e. The third kappa shape index (κ3) is 4.14. The van der Waals surface area contributed by atoms with Crippen LogP contribution in [0.5, 0.6) is 0 Å². The fourth-order valence-electron chi connectivity index (χ4n) is 3.54. The van der Waals surface area contributed by atoms with Crippen LogP contribution in [0.2, 0.25) is 0 Å². The van der Waals surface area contributed by atoms with Crippen molar-refractivity contribution in [3.8, 4) is 5.82 Å². The summed E-state index contributed by atoms with van der Waals surface area (Å²) in [7, 11) is 3.72. The van der Waals surface area contributed by atoms with Crippen molar-refractivity contribution in [2.45, 2.75) is 19.6 Å². The maximum atomic E-state index is 5.95. The van der Waals surface area contributed by atoms with Gasteiger partial charge in [0.1, 0.15) is 17.7 Å². The van der Waals surface area contributed by atoms with E-state index in [1.807, 2.05) is 43.2 Å². The summed E-state index contributed by atoms with van der Waals surface area (Å²) in [5.41, 5.74) is 2.16. The molecule has 1 aliphatic rings.